The summed E-state index contributed by atoms with van der Waals surface area (Å²) in [6.07, 6.45) is 3.65. The number of halogens is 2. The molecule has 0 bridgehead atoms. The van der Waals surface area contributed by atoms with Crippen molar-refractivity contribution in [3.8, 4) is 5.88 Å². The van der Waals surface area contributed by atoms with Crippen LogP contribution in [0.5, 0.6) is 5.88 Å². The van der Waals surface area contributed by atoms with Gasteiger partial charge in [-0.05, 0) is 43.7 Å². The molecule has 1 amide bonds. The maximum atomic E-state index is 13.6. The number of pyridine rings is 1. The van der Waals surface area contributed by atoms with Crippen LogP contribution in [0.3, 0.4) is 0 Å². The number of para-hydroxylation sites is 1. The maximum absolute atomic E-state index is 13.6. The van der Waals surface area contributed by atoms with Gasteiger partial charge in [-0.2, -0.15) is 0 Å². The Hall–Kier alpha value is -2.18. The molecule has 5 nitrogen and oxygen atoms in total. The Kier molecular flexibility index (Phi) is 6.41. The average molecular weight is 378 g/mol. The summed E-state index contributed by atoms with van der Waals surface area (Å²) in [6, 6.07) is 9.66. The van der Waals surface area contributed by atoms with Crippen molar-refractivity contribution in [2.45, 2.75) is 12.8 Å². The number of nitrogens with one attached hydrogen (secondary N) is 1. The fourth-order valence-electron chi connectivity index (χ4n) is 3.06. The lowest BCUT2D eigenvalue weighted by Gasteiger charge is -2.32. The zero-order valence-corrected chi connectivity index (χ0v) is 15.1. The van der Waals surface area contributed by atoms with Crippen LogP contribution in [-0.2, 0) is 4.79 Å². The van der Waals surface area contributed by atoms with Crippen LogP contribution in [0.1, 0.15) is 12.8 Å². The Balaban J connectivity index is 1.48. The highest BCUT2D eigenvalue weighted by atomic mass is 35.5. The van der Waals surface area contributed by atoms with Gasteiger partial charge in [0.2, 0.25) is 11.8 Å². The Labute approximate surface area is 157 Å². The first-order valence-corrected chi connectivity index (χ1v) is 8.99. The summed E-state index contributed by atoms with van der Waals surface area (Å²) in [7, 11) is 0. The molecule has 1 N–H and O–H groups in total. The van der Waals surface area contributed by atoms with E-state index in [1.54, 1.807) is 36.5 Å². The van der Waals surface area contributed by atoms with Gasteiger partial charge in [-0.1, -0.05) is 23.7 Å². The minimum atomic E-state index is -0.432. The fraction of sp³-hybridized carbons (Fsp3) is 0.368. The van der Waals surface area contributed by atoms with Crippen LogP contribution in [0.25, 0.3) is 0 Å². The SMILES string of the molecule is O=C(CN1CCCC(COc2ncccc2Cl)C1)Nc1ccccc1F. The highest BCUT2D eigenvalue weighted by Gasteiger charge is 2.23. The third-order valence-electron chi connectivity index (χ3n) is 4.30. The second-order valence-corrected chi connectivity index (χ2v) is 6.78. The summed E-state index contributed by atoms with van der Waals surface area (Å²) in [6.45, 7) is 2.32. The molecule has 7 heteroatoms. The number of likely N-dealkylation sites (tertiary alicyclic amines) is 1. The van der Waals surface area contributed by atoms with E-state index in [2.05, 4.69) is 15.2 Å². The highest BCUT2D eigenvalue weighted by molar-refractivity contribution is 6.31. The van der Waals surface area contributed by atoms with Crippen LogP contribution in [0.4, 0.5) is 10.1 Å². The van der Waals surface area contributed by atoms with Crippen molar-refractivity contribution in [2.75, 3.05) is 31.6 Å². The first-order chi connectivity index (χ1) is 12.6. The number of piperidine rings is 1. The molecule has 1 aliphatic heterocycles. The number of anilines is 1. The molecule has 26 heavy (non-hydrogen) atoms. The molecule has 1 aromatic heterocycles. The van der Waals surface area contributed by atoms with Gasteiger partial charge in [0.25, 0.3) is 0 Å². The Bertz CT molecular complexity index is 759. The van der Waals surface area contributed by atoms with Crippen molar-refractivity contribution in [3.05, 3.63) is 53.4 Å². The van der Waals surface area contributed by atoms with E-state index in [0.29, 0.717) is 23.4 Å². The molecule has 1 saturated heterocycles. The number of rotatable bonds is 6. The zero-order chi connectivity index (χ0) is 18.4. The highest BCUT2D eigenvalue weighted by Crippen LogP contribution is 2.23. The molecular weight excluding hydrogens is 357 g/mol. The van der Waals surface area contributed by atoms with E-state index in [9.17, 15) is 9.18 Å². The third-order valence-corrected chi connectivity index (χ3v) is 4.59. The zero-order valence-electron chi connectivity index (χ0n) is 14.3. The molecular formula is C19H21ClFN3O2. The molecule has 3 rings (SSSR count). The van der Waals surface area contributed by atoms with Gasteiger partial charge in [0, 0.05) is 18.7 Å². The molecule has 1 aromatic carbocycles. The number of carbonyl (C=O) groups is 1. The van der Waals surface area contributed by atoms with Gasteiger partial charge in [-0.3, -0.25) is 9.69 Å². The van der Waals surface area contributed by atoms with Crippen molar-refractivity contribution in [1.29, 1.82) is 0 Å². The quantitative estimate of drug-likeness (QED) is 0.835. The normalized spacial score (nSPS) is 17.7. The van der Waals surface area contributed by atoms with Crippen molar-refractivity contribution in [3.63, 3.8) is 0 Å². The number of benzene rings is 1. The second kappa shape index (κ2) is 8.96. The van der Waals surface area contributed by atoms with Crippen LogP contribution >= 0.6 is 11.6 Å². The molecule has 0 radical (unpaired) electrons. The maximum Gasteiger partial charge on any atom is 0.238 e. The summed E-state index contributed by atoms with van der Waals surface area (Å²) in [5, 5.41) is 3.11. The Morgan fingerprint density at radius 1 is 1.35 bits per heavy atom. The largest absolute Gasteiger partial charge is 0.476 e. The van der Waals surface area contributed by atoms with E-state index in [1.807, 2.05) is 0 Å². The van der Waals surface area contributed by atoms with Crippen LogP contribution in [0.15, 0.2) is 42.6 Å². The van der Waals surface area contributed by atoms with E-state index in [-0.39, 0.29) is 18.1 Å². The molecule has 0 aliphatic carbocycles. The molecule has 1 fully saturated rings. The number of hydrogen-bond donors (Lipinski definition) is 1. The lowest BCUT2D eigenvalue weighted by atomic mass is 9.99. The summed E-state index contributed by atoms with van der Waals surface area (Å²) >= 11 is 6.05. The van der Waals surface area contributed by atoms with E-state index >= 15 is 0 Å². The van der Waals surface area contributed by atoms with Crippen LogP contribution in [-0.4, -0.2) is 42.0 Å². The van der Waals surface area contributed by atoms with E-state index < -0.39 is 5.82 Å². The lowest BCUT2D eigenvalue weighted by molar-refractivity contribution is -0.117. The van der Waals surface area contributed by atoms with Gasteiger partial charge in [-0.25, -0.2) is 9.37 Å². The van der Waals surface area contributed by atoms with Gasteiger partial charge in [0.15, 0.2) is 0 Å². The number of carbonyl (C=O) groups excluding carboxylic acids is 1. The molecule has 138 valence electrons. The van der Waals surface area contributed by atoms with E-state index in [1.165, 1.54) is 6.07 Å². The van der Waals surface area contributed by atoms with Crippen LogP contribution in [0, 0.1) is 11.7 Å². The molecule has 1 aliphatic rings. The second-order valence-electron chi connectivity index (χ2n) is 6.37. The average Bonchev–Trinajstić information content (AvgIpc) is 2.63. The predicted octanol–water partition coefficient (Wildman–Crippen LogP) is 3.60. The molecule has 1 atom stereocenters. The molecule has 0 saturated carbocycles. The van der Waals surface area contributed by atoms with Crippen molar-refractivity contribution >= 4 is 23.2 Å². The minimum Gasteiger partial charge on any atom is -0.476 e. The van der Waals surface area contributed by atoms with Crippen LogP contribution in [0.2, 0.25) is 5.02 Å². The molecule has 1 unspecified atom stereocenters. The summed E-state index contributed by atoms with van der Waals surface area (Å²) in [4.78, 5) is 18.4. The first-order valence-electron chi connectivity index (χ1n) is 8.62. The van der Waals surface area contributed by atoms with Crippen molar-refractivity contribution in [2.24, 2.45) is 5.92 Å². The number of hydrogen-bond acceptors (Lipinski definition) is 4. The minimum absolute atomic E-state index is 0.208. The Morgan fingerprint density at radius 3 is 3.00 bits per heavy atom. The molecule has 0 spiro atoms. The van der Waals surface area contributed by atoms with Crippen molar-refractivity contribution < 1.29 is 13.9 Å². The van der Waals surface area contributed by atoms with Crippen molar-refractivity contribution in [1.82, 2.24) is 9.88 Å². The lowest BCUT2D eigenvalue weighted by Crippen LogP contribution is -2.42. The standard InChI is InChI=1S/C19H21ClFN3O2/c20-15-6-3-9-22-19(15)26-13-14-5-4-10-24(11-14)12-18(25)23-17-8-2-1-7-16(17)21/h1-3,6-9,14H,4-5,10-13H2,(H,23,25). The van der Waals surface area contributed by atoms with Gasteiger partial charge in [0.1, 0.15) is 10.8 Å². The summed E-state index contributed by atoms with van der Waals surface area (Å²) < 4.78 is 19.3. The predicted molar refractivity (Wildman–Crippen MR) is 98.9 cm³/mol. The van der Waals surface area contributed by atoms with Gasteiger partial charge in [-0.15, -0.1) is 0 Å². The number of amides is 1. The topological polar surface area (TPSA) is 54.5 Å². The summed E-state index contributed by atoms with van der Waals surface area (Å²) in [5.74, 6) is 0.0779. The first kappa shape index (κ1) is 18.6. The fourth-order valence-corrected chi connectivity index (χ4v) is 3.24. The van der Waals surface area contributed by atoms with E-state index in [0.717, 1.165) is 25.9 Å². The van der Waals surface area contributed by atoms with Gasteiger partial charge in [0.05, 0.1) is 18.8 Å². The Morgan fingerprint density at radius 2 is 2.19 bits per heavy atom. The monoisotopic (exact) mass is 377 g/mol. The molecule has 2 heterocycles. The van der Waals surface area contributed by atoms with Gasteiger partial charge < -0.3 is 10.1 Å². The smallest absolute Gasteiger partial charge is 0.238 e. The summed E-state index contributed by atoms with van der Waals surface area (Å²) in [5.41, 5.74) is 0.208. The van der Waals surface area contributed by atoms with Gasteiger partial charge >= 0.3 is 0 Å². The number of ether oxygens (including phenoxy) is 1. The van der Waals surface area contributed by atoms with Crippen LogP contribution < -0.4 is 10.1 Å². The van der Waals surface area contributed by atoms with E-state index in [4.69, 9.17) is 16.3 Å². The third kappa shape index (κ3) is 5.16. The number of nitrogens with zero attached hydrogens (tertiary/aromatic N) is 2. The molecule has 2 aromatic rings. The number of aromatic nitrogens is 1.